The summed E-state index contributed by atoms with van der Waals surface area (Å²) in [5.41, 5.74) is 0.212. The second-order valence-corrected chi connectivity index (χ2v) is 4.11. The number of benzene rings is 1. The fourth-order valence-corrected chi connectivity index (χ4v) is 1.63. The molecule has 0 aromatic heterocycles. The monoisotopic (exact) mass is 251 g/mol. The van der Waals surface area contributed by atoms with Crippen LogP contribution in [0.5, 0.6) is 5.75 Å². The fourth-order valence-electron chi connectivity index (χ4n) is 1.63. The Morgan fingerprint density at radius 3 is 2.78 bits per heavy atom. The predicted octanol–water partition coefficient (Wildman–Crippen LogP) is 2.54. The van der Waals surface area contributed by atoms with Crippen molar-refractivity contribution in [1.29, 1.82) is 0 Å². The van der Waals surface area contributed by atoms with Crippen LogP contribution in [-0.2, 0) is 0 Å². The molecule has 0 heterocycles. The second kappa shape index (κ2) is 8.53. The van der Waals surface area contributed by atoms with Crippen LogP contribution in [0.25, 0.3) is 0 Å². The quantitative estimate of drug-likeness (QED) is 0.662. The van der Waals surface area contributed by atoms with E-state index in [2.05, 4.69) is 12.2 Å². The summed E-state index contributed by atoms with van der Waals surface area (Å²) in [4.78, 5) is 10.9. The molecule has 1 rings (SSSR count). The van der Waals surface area contributed by atoms with Gasteiger partial charge in [0, 0.05) is 6.54 Å². The number of nitrogens with one attached hydrogen (secondary N) is 1. The van der Waals surface area contributed by atoms with Gasteiger partial charge in [-0.25, -0.2) is 4.79 Å². The molecule has 2 N–H and O–H groups in total. The highest BCUT2D eigenvalue weighted by atomic mass is 16.5. The van der Waals surface area contributed by atoms with E-state index in [9.17, 15) is 4.79 Å². The van der Waals surface area contributed by atoms with E-state index in [1.165, 1.54) is 19.3 Å². The Morgan fingerprint density at radius 1 is 1.28 bits per heavy atom. The molecule has 100 valence electrons. The van der Waals surface area contributed by atoms with Crippen molar-refractivity contribution >= 4 is 5.97 Å². The number of carboxylic acids is 1. The molecule has 0 unspecified atom stereocenters. The van der Waals surface area contributed by atoms with Crippen LogP contribution in [0.1, 0.15) is 36.5 Å². The van der Waals surface area contributed by atoms with Gasteiger partial charge in [0.1, 0.15) is 17.9 Å². The summed E-state index contributed by atoms with van der Waals surface area (Å²) in [6.07, 6.45) is 3.61. The van der Waals surface area contributed by atoms with E-state index in [1.54, 1.807) is 24.3 Å². The third-order valence-electron chi connectivity index (χ3n) is 2.61. The van der Waals surface area contributed by atoms with Gasteiger partial charge in [-0.15, -0.1) is 0 Å². The van der Waals surface area contributed by atoms with Crippen molar-refractivity contribution in [3.8, 4) is 5.75 Å². The summed E-state index contributed by atoms with van der Waals surface area (Å²) in [6.45, 7) is 4.37. The number of carboxylic acid groups (broad SMARTS) is 1. The van der Waals surface area contributed by atoms with Crippen LogP contribution in [0.15, 0.2) is 24.3 Å². The molecule has 0 fully saturated rings. The Labute approximate surface area is 108 Å². The van der Waals surface area contributed by atoms with Gasteiger partial charge in [0.15, 0.2) is 0 Å². The Kier molecular flexibility index (Phi) is 6.87. The van der Waals surface area contributed by atoms with Crippen molar-refractivity contribution < 1.29 is 14.6 Å². The summed E-state index contributed by atoms with van der Waals surface area (Å²) in [7, 11) is 0. The maximum Gasteiger partial charge on any atom is 0.339 e. The smallest absolute Gasteiger partial charge is 0.339 e. The molecule has 0 saturated carbocycles. The second-order valence-electron chi connectivity index (χ2n) is 4.11. The third-order valence-corrected chi connectivity index (χ3v) is 2.61. The van der Waals surface area contributed by atoms with E-state index < -0.39 is 5.97 Å². The topological polar surface area (TPSA) is 58.6 Å². The molecule has 0 spiro atoms. The van der Waals surface area contributed by atoms with E-state index in [1.807, 2.05) is 0 Å². The van der Waals surface area contributed by atoms with Gasteiger partial charge in [-0.05, 0) is 25.1 Å². The first-order valence-corrected chi connectivity index (χ1v) is 6.41. The van der Waals surface area contributed by atoms with E-state index in [-0.39, 0.29) is 5.56 Å². The Hall–Kier alpha value is -1.55. The summed E-state index contributed by atoms with van der Waals surface area (Å²) in [5.74, 6) is -0.526. The van der Waals surface area contributed by atoms with Crippen molar-refractivity contribution in [2.45, 2.75) is 26.2 Å². The SMILES string of the molecule is CCCCCNCCOc1ccccc1C(=O)O. The zero-order valence-electron chi connectivity index (χ0n) is 10.8. The minimum absolute atomic E-state index is 0.212. The van der Waals surface area contributed by atoms with Crippen molar-refractivity contribution in [2.75, 3.05) is 19.7 Å². The maximum atomic E-state index is 10.9. The lowest BCUT2D eigenvalue weighted by Crippen LogP contribution is -2.22. The number of ether oxygens (including phenoxy) is 1. The van der Waals surface area contributed by atoms with Gasteiger partial charge >= 0.3 is 5.97 Å². The lowest BCUT2D eigenvalue weighted by molar-refractivity contribution is 0.0692. The third kappa shape index (κ3) is 5.19. The molecule has 0 atom stereocenters. The van der Waals surface area contributed by atoms with E-state index in [0.29, 0.717) is 12.4 Å². The number of rotatable bonds is 9. The van der Waals surface area contributed by atoms with E-state index in [0.717, 1.165) is 13.1 Å². The molecule has 0 amide bonds. The fraction of sp³-hybridized carbons (Fsp3) is 0.500. The van der Waals surface area contributed by atoms with Crippen molar-refractivity contribution in [1.82, 2.24) is 5.32 Å². The summed E-state index contributed by atoms with van der Waals surface area (Å²) in [5, 5.41) is 12.2. The molecule has 0 aliphatic heterocycles. The molecular formula is C14H21NO3. The van der Waals surface area contributed by atoms with Crippen molar-refractivity contribution in [3.05, 3.63) is 29.8 Å². The maximum absolute atomic E-state index is 10.9. The summed E-state index contributed by atoms with van der Waals surface area (Å²) < 4.78 is 5.46. The van der Waals surface area contributed by atoms with Crippen LogP contribution in [0, 0.1) is 0 Å². The van der Waals surface area contributed by atoms with Gasteiger partial charge in [0.2, 0.25) is 0 Å². The number of carbonyl (C=O) groups is 1. The van der Waals surface area contributed by atoms with Gasteiger partial charge in [0.05, 0.1) is 0 Å². The molecule has 4 heteroatoms. The zero-order chi connectivity index (χ0) is 13.2. The zero-order valence-corrected chi connectivity index (χ0v) is 10.8. The van der Waals surface area contributed by atoms with Crippen LogP contribution in [0.2, 0.25) is 0 Å². The van der Waals surface area contributed by atoms with Gasteiger partial charge in [-0.2, -0.15) is 0 Å². The lowest BCUT2D eigenvalue weighted by atomic mass is 10.2. The molecule has 1 aromatic rings. The number of unbranched alkanes of at least 4 members (excludes halogenated alkanes) is 2. The molecule has 0 radical (unpaired) electrons. The molecule has 0 bridgehead atoms. The van der Waals surface area contributed by atoms with E-state index in [4.69, 9.17) is 9.84 Å². The van der Waals surface area contributed by atoms with E-state index >= 15 is 0 Å². The Morgan fingerprint density at radius 2 is 2.06 bits per heavy atom. The molecule has 1 aromatic carbocycles. The highest BCUT2D eigenvalue weighted by molar-refractivity contribution is 5.90. The van der Waals surface area contributed by atoms with Gasteiger partial charge in [-0.1, -0.05) is 31.9 Å². The minimum Gasteiger partial charge on any atom is -0.491 e. The van der Waals surface area contributed by atoms with Crippen molar-refractivity contribution in [2.24, 2.45) is 0 Å². The van der Waals surface area contributed by atoms with Crippen LogP contribution in [0.3, 0.4) is 0 Å². The Balaban J connectivity index is 2.25. The number of hydrogen-bond donors (Lipinski definition) is 2. The first kappa shape index (κ1) is 14.5. The largest absolute Gasteiger partial charge is 0.491 e. The van der Waals surface area contributed by atoms with Crippen LogP contribution in [-0.4, -0.2) is 30.8 Å². The highest BCUT2D eigenvalue weighted by Gasteiger charge is 2.09. The Bertz CT molecular complexity index is 366. The number of para-hydroxylation sites is 1. The minimum atomic E-state index is -0.957. The molecule has 18 heavy (non-hydrogen) atoms. The number of hydrogen-bond acceptors (Lipinski definition) is 3. The molecule has 4 nitrogen and oxygen atoms in total. The molecular weight excluding hydrogens is 230 g/mol. The predicted molar refractivity (Wildman–Crippen MR) is 71.3 cm³/mol. The first-order chi connectivity index (χ1) is 8.75. The number of aromatic carboxylic acids is 1. The lowest BCUT2D eigenvalue weighted by Gasteiger charge is -2.09. The van der Waals surface area contributed by atoms with Crippen LogP contribution < -0.4 is 10.1 Å². The van der Waals surface area contributed by atoms with Crippen molar-refractivity contribution in [3.63, 3.8) is 0 Å². The molecule has 0 aliphatic rings. The average Bonchev–Trinajstić information content (AvgIpc) is 2.38. The van der Waals surface area contributed by atoms with Gasteiger partial charge in [-0.3, -0.25) is 0 Å². The summed E-state index contributed by atoms with van der Waals surface area (Å²) >= 11 is 0. The summed E-state index contributed by atoms with van der Waals surface area (Å²) in [6, 6.07) is 6.70. The van der Waals surface area contributed by atoms with Crippen LogP contribution in [0.4, 0.5) is 0 Å². The highest BCUT2D eigenvalue weighted by Crippen LogP contribution is 2.17. The normalized spacial score (nSPS) is 10.3. The standard InChI is InChI=1S/C14H21NO3/c1-2-3-6-9-15-10-11-18-13-8-5-4-7-12(13)14(16)17/h4-5,7-8,15H,2-3,6,9-11H2,1H3,(H,16,17). The van der Waals surface area contributed by atoms with Crippen LogP contribution >= 0.6 is 0 Å². The first-order valence-electron chi connectivity index (χ1n) is 6.41. The van der Waals surface area contributed by atoms with Gasteiger partial charge in [0.25, 0.3) is 0 Å². The average molecular weight is 251 g/mol. The van der Waals surface area contributed by atoms with Gasteiger partial charge < -0.3 is 15.2 Å². The molecule has 0 saturated heterocycles. The molecule has 0 aliphatic carbocycles.